The summed E-state index contributed by atoms with van der Waals surface area (Å²) in [5.74, 6) is -0.379. The number of halogens is 1. The van der Waals surface area contributed by atoms with Crippen molar-refractivity contribution < 1.29 is 14.3 Å². The molecule has 138 valence electrons. The number of carbonyl (C=O) groups is 2. The summed E-state index contributed by atoms with van der Waals surface area (Å²) in [6, 6.07) is 12.0. The highest BCUT2D eigenvalue weighted by molar-refractivity contribution is 7.80. The van der Waals surface area contributed by atoms with Crippen molar-refractivity contribution in [2.24, 2.45) is 5.73 Å². The fourth-order valence-corrected chi connectivity index (χ4v) is 4.08. The molecule has 9 heteroatoms. The van der Waals surface area contributed by atoms with Crippen LogP contribution in [0.1, 0.15) is 20.0 Å². The van der Waals surface area contributed by atoms with E-state index in [1.165, 1.54) is 11.3 Å². The Morgan fingerprint density at radius 3 is 2.67 bits per heavy atom. The molecule has 2 aromatic carbocycles. The lowest BCUT2D eigenvalue weighted by Crippen LogP contribution is -2.34. The van der Waals surface area contributed by atoms with E-state index in [9.17, 15) is 9.59 Å². The van der Waals surface area contributed by atoms with Crippen LogP contribution < -0.4 is 21.1 Å². The SMILES string of the molecule is COc1ccc2c(Cl)c(C(=O)NC(=S)Nc3ccccc3C(N)=O)sc2c1. The van der Waals surface area contributed by atoms with Crippen LogP contribution in [0, 0.1) is 0 Å². The Hall–Kier alpha value is -2.68. The van der Waals surface area contributed by atoms with Crippen molar-refractivity contribution in [2.45, 2.75) is 0 Å². The summed E-state index contributed by atoms with van der Waals surface area (Å²) in [7, 11) is 1.57. The molecule has 3 rings (SSSR count). The number of anilines is 1. The quantitative estimate of drug-likeness (QED) is 0.559. The molecule has 0 aliphatic carbocycles. The molecule has 0 fully saturated rings. The number of amides is 2. The van der Waals surface area contributed by atoms with Crippen LogP contribution in [-0.2, 0) is 0 Å². The lowest BCUT2D eigenvalue weighted by Gasteiger charge is -2.11. The molecule has 0 unspecified atom stereocenters. The zero-order valence-electron chi connectivity index (χ0n) is 14.0. The molecule has 0 atom stereocenters. The maximum absolute atomic E-state index is 12.6. The number of benzene rings is 2. The first-order valence-corrected chi connectivity index (χ1v) is 9.28. The van der Waals surface area contributed by atoms with Crippen molar-refractivity contribution in [2.75, 3.05) is 12.4 Å². The number of thiophene rings is 1. The molecule has 3 aromatic rings. The summed E-state index contributed by atoms with van der Waals surface area (Å²) in [5, 5.41) is 6.50. The highest BCUT2D eigenvalue weighted by Crippen LogP contribution is 2.37. The second-order valence-corrected chi connectivity index (χ2v) is 7.26. The largest absolute Gasteiger partial charge is 0.497 e. The number of carbonyl (C=O) groups excluding carboxylic acids is 2. The maximum Gasteiger partial charge on any atom is 0.269 e. The fraction of sp³-hybridized carbons (Fsp3) is 0.0556. The first kappa shape index (κ1) is 19.1. The summed E-state index contributed by atoms with van der Waals surface area (Å²) >= 11 is 12.7. The van der Waals surface area contributed by atoms with E-state index < -0.39 is 11.8 Å². The van der Waals surface area contributed by atoms with Crippen LogP contribution in [0.4, 0.5) is 5.69 Å². The number of primary amides is 1. The number of methoxy groups -OCH3 is 1. The maximum atomic E-state index is 12.6. The third kappa shape index (κ3) is 4.02. The van der Waals surface area contributed by atoms with Gasteiger partial charge in [-0.3, -0.25) is 14.9 Å². The second-order valence-electron chi connectivity index (χ2n) is 5.43. The Kier molecular flexibility index (Phi) is 5.59. The number of thiocarbonyl (C=S) groups is 1. The molecular formula is C18H14ClN3O3S2. The molecule has 27 heavy (non-hydrogen) atoms. The smallest absolute Gasteiger partial charge is 0.269 e. The van der Waals surface area contributed by atoms with Crippen LogP contribution in [0.15, 0.2) is 42.5 Å². The first-order chi connectivity index (χ1) is 12.9. The molecule has 4 N–H and O–H groups in total. The predicted octanol–water partition coefficient (Wildman–Crippen LogP) is 3.79. The monoisotopic (exact) mass is 419 g/mol. The third-order valence-electron chi connectivity index (χ3n) is 3.71. The van der Waals surface area contributed by atoms with Gasteiger partial charge in [-0.1, -0.05) is 23.7 Å². The Bertz CT molecular complexity index is 1070. The zero-order valence-corrected chi connectivity index (χ0v) is 16.4. The highest BCUT2D eigenvalue weighted by atomic mass is 35.5. The summed E-state index contributed by atoms with van der Waals surface area (Å²) in [4.78, 5) is 24.4. The molecule has 2 amide bonds. The lowest BCUT2D eigenvalue weighted by atomic mass is 10.1. The van der Waals surface area contributed by atoms with E-state index in [-0.39, 0.29) is 10.7 Å². The van der Waals surface area contributed by atoms with E-state index in [2.05, 4.69) is 10.6 Å². The van der Waals surface area contributed by atoms with Gasteiger partial charge in [0.25, 0.3) is 11.8 Å². The van der Waals surface area contributed by atoms with Gasteiger partial charge in [-0.15, -0.1) is 11.3 Å². The Labute approximate surface area is 169 Å². The number of nitrogens with two attached hydrogens (primary N) is 1. The zero-order chi connectivity index (χ0) is 19.6. The number of rotatable bonds is 4. The van der Waals surface area contributed by atoms with Crippen LogP contribution in [0.2, 0.25) is 5.02 Å². The van der Waals surface area contributed by atoms with Crippen molar-refractivity contribution in [1.29, 1.82) is 0 Å². The lowest BCUT2D eigenvalue weighted by molar-refractivity contribution is 0.0979. The van der Waals surface area contributed by atoms with Gasteiger partial charge in [-0.05, 0) is 42.5 Å². The first-order valence-electron chi connectivity index (χ1n) is 7.68. The minimum atomic E-state index is -0.603. The number of fused-ring (bicyclic) bond motifs is 1. The number of nitrogens with one attached hydrogen (secondary N) is 2. The molecule has 0 bridgehead atoms. The van der Waals surface area contributed by atoms with Gasteiger partial charge in [0.1, 0.15) is 10.6 Å². The molecule has 6 nitrogen and oxygen atoms in total. The van der Waals surface area contributed by atoms with E-state index in [0.717, 1.165) is 10.1 Å². The van der Waals surface area contributed by atoms with Gasteiger partial charge in [0.05, 0.1) is 23.4 Å². The average molecular weight is 420 g/mol. The van der Waals surface area contributed by atoms with Gasteiger partial charge in [0.15, 0.2) is 5.11 Å². The Balaban J connectivity index is 1.79. The van der Waals surface area contributed by atoms with Gasteiger partial charge in [0.2, 0.25) is 0 Å². The van der Waals surface area contributed by atoms with E-state index in [0.29, 0.717) is 21.3 Å². The summed E-state index contributed by atoms with van der Waals surface area (Å²) in [6.07, 6.45) is 0. The molecule has 0 spiro atoms. The molecule has 0 radical (unpaired) electrons. The number of hydrogen-bond donors (Lipinski definition) is 3. The predicted molar refractivity (Wildman–Crippen MR) is 112 cm³/mol. The van der Waals surface area contributed by atoms with Crippen LogP contribution >= 0.6 is 35.2 Å². The Morgan fingerprint density at radius 1 is 1.22 bits per heavy atom. The van der Waals surface area contributed by atoms with E-state index >= 15 is 0 Å². The highest BCUT2D eigenvalue weighted by Gasteiger charge is 2.19. The number of ether oxygens (including phenoxy) is 1. The normalized spacial score (nSPS) is 10.4. The van der Waals surface area contributed by atoms with Crippen molar-refractivity contribution in [1.82, 2.24) is 5.32 Å². The van der Waals surface area contributed by atoms with Gasteiger partial charge < -0.3 is 15.8 Å². The van der Waals surface area contributed by atoms with Crippen LogP contribution in [0.5, 0.6) is 5.75 Å². The molecule has 0 saturated carbocycles. The van der Waals surface area contributed by atoms with Crippen molar-refractivity contribution in [3.63, 3.8) is 0 Å². The van der Waals surface area contributed by atoms with E-state index in [1.807, 2.05) is 6.07 Å². The van der Waals surface area contributed by atoms with Crippen LogP contribution in [0.3, 0.4) is 0 Å². The molecule has 1 aromatic heterocycles. The fourth-order valence-electron chi connectivity index (χ4n) is 2.44. The molecule has 0 aliphatic rings. The van der Waals surface area contributed by atoms with Gasteiger partial charge in [-0.2, -0.15) is 0 Å². The summed E-state index contributed by atoms with van der Waals surface area (Å²) in [5.41, 5.74) is 6.00. The molecule has 1 heterocycles. The standard InChI is InChI=1S/C18H14ClN3O3S2/c1-25-9-6-7-11-13(8-9)27-15(14(11)19)17(24)22-18(26)21-12-5-3-2-4-10(12)16(20)23/h2-8H,1H3,(H2,20,23)(H2,21,22,24,26). The number of para-hydroxylation sites is 1. The third-order valence-corrected chi connectivity index (χ3v) is 5.57. The minimum Gasteiger partial charge on any atom is -0.497 e. The minimum absolute atomic E-state index is 0.0276. The Morgan fingerprint density at radius 2 is 1.96 bits per heavy atom. The summed E-state index contributed by atoms with van der Waals surface area (Å²) < 4.78 is 6.01. The average Bonchev–Trinajstić information content (AvgIpc) is 2.98. The van der Waals surface area contributed by atoms with Gasteiger partial charge in [-0.25, -0.2) is 0 Å². The molecular weight excluding hydrogens is 406 g/mol. The second kappa shape index (κ2) is 7.91. The van der Waals surface area contributed by atoms with E-state index in [1.54, 1.807) is 43.5 Å². The molecule has 0 saturated heterocycles. The van der Waals surface area contributed by atoms with E-state index in [4.69, 9.17) is 34.3 Å². The number of hydrogen-bond acceptors (Lipinski definition) is 5. The van der Waals surface area contributed by atoms with Crippen molar-refractivity contribution in [3.8, 4) is 5.75 Å². The van der Waals surface area contributed by atoms with Gasteiger partial charge in [0, 0.05) is 10.1 Å². The van der Waals surface area contributed by atoms with Crippen LogP contribution in [-0.4, -0.2) is 24.0 Å². The molecule has 0 aliphatic heterocycles. The van der Waals surface area contributed by atoms with Gasteiger partial charge >= 0.3 is 0 Å². The topological polar surface area (TPSA) is 93.4 Å². The van der Waals surface area contributed by atoms with Crippen molar-refractivity contribution in [3.05, 3.63) is 57.9 Å². The summed E-state index contributed by atoms with van der Waals surface area (Å²) in [6.45, 7) is 0. The van der Waals surface area contributed by atoms with Crippen LogP contribution in [0.25, 0.3) is 10.1 Å². The van der Waals surface area contributed by atoms with Crippen molar-refractivity contribution >= 4 is 67.9 Å².